The number of fused-ring (bicyclic) bond motifs is 1. The van der Waals surface area contributed by atoms with Gasteiger partial charge in [-0.3, -0.25) is 4.79 Å². The van der Waals surface area contributed by atoms with Gasteiger partial charge in [-0.2, -0.15) is 0 Å². The number of hydrogen-bond acceptors (Lipinski definition) is 1. The van der Waals surface area contributed by atoms with Gasteiger partial charge in [-0.05, 0) is 22.9 Å². The Kier molecular flexibility index (Phi) is 1.96. The second-order valence-corrected chi connectivity index (χ2v) is 2.82. The van der Waals surface area contributed by atoms with E-state index >= 15 is 0 Å². The summed E-state index contributed by atoms with van der Waals surface area (Å²) in [5.74, 6) is 0. The van der Waals surface area contributed by atoms with Crippen LogP contribution in [-0.4, -0.2) is 6.41 Å². The Morgan fingerprint density at radius 3 is 2.54 bits per heavy atom. The van der Waals surface area contributed by atoms with E-state index in [-0.39, 0.29) is 0 Å². The standard InChI is InChI=1S/C11H9NO/c13-8-12-11-6-5-9-3-1-2-4-10(9)7-11/h1-8H,(H,12,13). The first-order chi connectivity index (χ1) is 6.40. The fourth-order valence-corrected chi connectivity index (χ4v) is 1.35. The number of rotatable bonds is 2. The number of benzene rings is 2. The molecule has 13 heavy (non-hydrogen) atoms. The molecule has 0 aliphatic carbocycles. The first kappa shape index (κ1) is 7.80. The van der Waals surface area contributed by atoms with Crippen LogP contribution in [0.1, 0.15) is 0 Å². The second kappa shape index (κ2) is 3.27. The van der Waals surface area contributed by atoms with E-state index in [0.717, 1.165) is 11.1 Å². The summed E-state index contributed by atoms with van der Waals surface area (Å²) in [7, 11) is 0. The number of amides is 1. The number of carbonyl (C=O) groups excluding carboxylic acids is 1. The van der Waals surface area contributed by atoms with E-state index in [2.05, 4.69) is 5.32 Å². The second-order valence-electron chi connectivity index (χ2n) is 2.82. The van der Waals surface area contributed by atoms with Crippen LogP contribution in [-0.2, 0) is 4.79 Å². The number of anilines is 1. The van der Waals surface area contributed by atoms with Crippen LogP contribution < -0.4 is 5.32 Å². The Balaban J connectivity index is 2.55. The number of nitrogens with one attached hydrogen (secondary N) is 1. The highest BCUT2D eigenvalue weighted by atomic mass is 16.1. The van der Waals surface area contributed by atoms with Crippen molar-refractivity contribution < 1.29 is 4.79 Å². The van der Waals surface area contributed by atoms with Crippen molar-refractivity contribution in [2.24, 2.45) is 0 Å². The minimum Gasteiger partial charge on any atom is -0.329 e. The van der Waals surface area contributed by atoms with Gasteiger partial charge in [0.2, 0.25) is 6.41 Å². The Morgan fingerprint density at radius 2 is 1.77 bits per heavy atom. The zero-order valence-corrected chi connectivity index (χ0v) is 7.03. The van der Waals surface area contributed by atoms with Crippen LogP contribution in [0.2, 0.25) is 0 Å². The zero-order chi connectivity index (χ0) is 9.10. The van der Waals surface area contributed by atoms with Gasteiger partial charge >= 0.3 is 0 Å². The Labute approximate surface area is 76.2 Å². The fourth-order valence-electron chi connectivity index (χ4n) is 1.35. The number of carbonyl (C=O) groups is 1. The molecule has 2 rings (SSSR count). The molecule has 64 valence electrons. The smallest absolute Gasteiger partial charge is 0.211 e. The SMILES string of the molecule is O=CNc1ccc2ccccc2c1. The highest BCUT2D eigenvalue weighted by Crippen LogP contribution is 2.17. The zero-order valence-electron chi connectivity index (χ0n) is 7.03. The van der Waals surface area contributed by atoms with Crippen molar-refractivity contribution >= 4 is 22.9 Å². The van der Waals surface area contributed by atoms with Crippen LogP contribution in [0.4, 0.5) is 5.69 Å². The number of hydrogen-bond donors (Lipinski definition) is 1. The summed E-state index contributed by atoms with van der Waals surface area (Å²) < 4.78 is 0. The predicted octanol–water partition coefficient (Wildman–Crippen LogP) is 2.41. The first-order valence-electron chi connectivity index (χ1n) is 4.09. The van der Waals surface area contributed by atoms with Gasteiger partial charge in [0, 0.05) is 5.69 Å². The molecule has 2 nitrogen and oxygen atoms in total. The normalized spacial score (nSPS) is 9.85. The van der Waals surface area contributed by atoms with Crippen LogP contribution in [0.25, 0.3) is 10.8 Å². The molecule has 0 atom stereocenters. The summed E-state index contributed by atoms with van der Waals surface area (Å²) in [4.78, 5) is 10.2. The summed E-state index contributed by atoms with van der Waals surface area (Å²) in [6.45, 7) is 0. The van der Waals surface area contributed by atoms with Crippen molar-refractivity contribution in [3.63, 3.8) is 0 Å². The van der Waals surface area contributed by atoms with E-state index < -0.39 is 0 Å². The van der Waals surface area contributed by atoms with Crippen LogP contribution in [0, 0.1) is 0 Å². The Hall–Kier alpha value is -1.83. The molecule has 2 heteroatoms. The monoisotopic (exact) mass is 171 g/mol. The lowest BCUT2D eigenvalue weighted by Crippen LogP contribution is -1.92. The predicted molar refractivity (Wildman–Crippen MR) is 53.6 cm³/mol. The third kappa shape index (κ3) is 1.51. The average Bonchev–Trinajstić information content (AvgIpc) is 2.18. The van der Waals surface area contributed by atoms with Crippen LogP contribution in [0.5, 0.6) is 0 Å². The van der Waals surface area contributed by atoms with Crippen molar-refractivity contribution in [3.05, 3.63) is 42.5 Å². The van der Waals surface area contributed by atoms with Gasteiger partial charge in [0.05, 0.1) is 0 Å². The van der Waals surface area contributed by atoms with Crippen LogP contribution in [0.15, 0.2) is 42.5 Å². The Bertz CT molecular complexity index is 437. The van der Waals surface area contributed by atoms with Gasteiger partial charge in [-0.1, -0.05) is 30.3 Å². The molecule has 0 bridgehead atoms. The van der Waals surface area contributed by atoms with Gasteiger partial charge in [0.1, 0.15) is 0 Å². The third-order valence-electron chi connectivity index (χ3n) is 1.98. The molecular formula is C11H9NO. The summed E-state index contributed by atoms with van der Waals surface area (Å²) >= 11 is 0. The first-order valence-corrected chi connectivity index (χ1v) is 4.09. The topological polar surface area (TPSA) is 29.1 Å². The van der Waals surface area contributed by atoms with Crippen molar-refractivity contribution in [1.29, 1.82) is 0 Å². The maximum Gasteiger partial charge on any atom is 0.211 e. The van der Waals surface area contributed by atoms with Gasteiger partial charge in [0.15, 0.2) is 0 Å². The quantitative estimate of drug-likeness (QED) is 0.691. The van der Waals surface area contributed by atoms with Gasteiger partial charge < -0.3 is 5.32 Å². The molecule has 0 fully saturated rings. The highest BCUT2D eigenvalue weighted by molar-refractivity contribution is 5.87. The van der Waals surface area contributed by atoms with Crippen molar-refractivity contribution in [2.75, 3.05) is 5.32 Å². The lowest BCUT2D eigenvalue weighted by Gasteiger charge is -2.00. The summed E-state index contributed by atoms with van der Waals surface area (Å²) in [5, 5.41) is 4.93. The Morgan fingerprint density at radius 1 is 1.00 bits per heavy atom. The van der Waals surface area contributed by atoms with Gasteiger partial charge in [-0.15, -0.1) is 0 Å². The van der Waals surface area contributed by atoms with Crippen molar-refractivity contribution in [2.45, 2.75) is 0 Å². The largest absolute Gasteiger partial charge is 0.329 e. The minimum atomic E-state index is 0.685. The molecule has 0 saturated heterocycles. The minimum absolute atomic E-state index is 0.685. The van der Waals surface area contributed by atoms with E-state index in [1.807, 2.05) is 42.5 Å². The maximum absolute atomic E-state index is 10.2. The van der Waals surface area contributed by atoms with Crippen LogP contribution >= 0.6 is 0 Å². The molecule has 0 aliphatic rings. The molecule has 0 unspecified atom stereocenters. The molecule has 0 aromatic heterocycles. The maximum atomic E-state index is 10.2. The fraction of sp³-hybridized carbons (Fsp3) is 0. The molecular weight excluding hydrogens is 162 g/mol. The lowest BCUT2D eigenvalue weighted by atomic mass is 10.1. The van der Waals surface area contributed by atoms with Crippen molar-refractivity contribution in [1.82, 2.24) is 0 Å². The van der Waals surface area contributed by atoms with E-state index in [1.54, 1.807) is 0 Å². The van der Waals surface area contributed by atoms with E-state index in [0.29, 0.717) is 6.41 Å². The summed E-state index contributed by atoms with van der Waals surface area (Å²) in [6, 6.07) is 13.9. The van der Waals surface area contributed by atoms with E-state index in [9.17, 15) is 4.79 Å². The molecule has 2 aromatic rings. The molecule has 0 radical (unpaired) electrons. The lowest BCUT2D eigenvalue weighted by molar-refractivity contribution is -0.105. The molecule has 0 heterocycles. The van der Waals surface area contributed by atoms with Crippen molar-refractivity contribution in [3.8, 4) is 0 Å². The summed E-state index contributed by atoms with van der Waals surface area (Å²) in [6.07, 6.45) is 0.685. The highest BCUT2D eigenvalue weighted by Gasteiger charge is 1.93. The van der Waals surface area contributed by atoms with Gasteiger partial charge in [-0.25, -0.2) is 0 Å². The average molecular weight is 171 g/mol. The molecule has 2 aromatic carbocycles. The van der Waals surface area contributed by atoms with Crippen LogP contribution in [0.3, 0.4) is 0 Å². The molecule has 1 amide bonds. The molecule has 0 saturated carbocycles. The van der Waals surface area contributed by atoms with E-state index in [4.69, 9.17) is 0 Å². The third-order valence-corrected chi connectivity index (χ3v) is 1.98. The summed E-state index contributed by atoms with van der Waals surface area (Å²) in [5.41, 5.74) is 0.828. The molecule has 1 N–H and O–H groups in total. The van der Waals surface area contributed by atoms with Gasteiger partial charge in [0.25, 0.3) is 0 Å². The molecule has 0 aliphatic heterocycles. The van der Waals surface area contributed by atoms with E-state index in [1.165, 1.54) is 5.39 Å². The molecule has 0 spiro atoms.